The van der Waals surface area contributed by atoms with Crippen LogP contribution in [0.5, 0.6) is 0 Å². The fourth-order valence-electron chi connectivity index (χ4n) is 8.54. The van der Waals surface area contributed by atoms with Crippen molar-refractivity contribution in [2.24, 2.45) is 0 Å². The first-order valence-electron chi connectivity index (χ1n) is 19.8. The number of fused-ring (bicyclic) bond motifs is 3. The third-order valence-electron chi connectivity index (χ3n) is 11.4. The van der Waals surface area contributed by atoms with Crippen LogP contribution in [0.25, 0.3) is 55.3 Å². The van der Waals surface area contributed by atoms with E-state index in [-0.39, 0.29) is 5.92 Å². The zero-order chi connectivity index (χ0) is 37.3. The highest BCUT2D eigenvalue weighted by molar-refractivity contribution is 6.10. The Hall–Kier alpha value is -6.90. The number of anilines is 3. The third kappa shape index (κ3) is 6.29. The van der Waals surface area contributed by atoms with Crippen LogP contribution in [-0.2, 0) is 0 Å². The molecule has 10 rings (SSSR count). The summed E-state index contributed by atoms with van der Waals surface area (Å²) in [5.74, 6) is 0.275. The molecule has 1 heterocycles. The van der Waals surface area contributed by atoms with E-state index in [9.17, 15) is 0 Å². The molecular formula is C54H42N2. The van der Waals surface area contributed by atoms with Crippen molar-refractivity contribution in [3.8, 4) is 22.3 Å². The molecule has 2 nitrogen and oxygen atoms in total. The van der Waals surface area contributed by atoms with Gasteiger partial charge in [0.05, 0.1) is 16.7 Å². The molecular weight excluding hydrogens is 677 g/mol. The summed E-state index contributed by atoms with van der Waals surface area (Å²) in [7, 11) is 0. The summed E-state index contributed by atoms with van der Waals surface area (Å²) in [6.45, 7) is 0. The Morgan fingerprint density at radius 1 is 0.482 bits per heavy atom. The topological polar surface area (TPSA) is 8.17 Å². The highest BCUT2D eigenvalue weighted by Gasteiger charge is 2.22. The highest BCUT2D eigenvalue weighted by Crippen LogP contribution is 2.43. The second-order valence-corrected chi connectivity index (χ2v) is 14.8. The summed E-state index contributed by atoms with van der Waals surface area (Å²) in [5, 5.41) is 2.59. The van der Waals surface area contributed by atoms with Crippen LogP contribution >= 0.6 is 0 Å². The minimum Gasteiger partial charge on any atom is -0.310 e. The molecule has 7 aromatic carbocycles. The lowest BCUT2D eigenvalue weighted by atomic mass is 9.87. The number of para-hydroxylation sites is 2. The van der Waals surface area contributed by atoms with Crippen molar-refractivity contribution in [1.82, 2.24) is 4.57 Å². The quantitative estimate of drug-likeness (QED) is 0.152. The first-order valence-corrected chi connectivity index (χ1v) is 19.8. The Labute approximate surface area is 329 Å². The molecule has 0 saturated carbocycles. The van der Waals surface area contributed by atoms with Gasteiger partial charge in [0.1, 0.15) is 0 Å². The van der Waals surface area contributed by atoms with E-state index < -0.39 is 0 Å². The standard InChI is InChI=1S/C54H42N2/c1-4-14-39(15-5-1)41-24-31-46(32-25-41)55(47-33-26-42(27-34-47)40-16-6-2-7-17-40)54-37-30-45(38-51(54)44-18-8-3-9-19-44)43-28-35-48(36-29-43)56-52-22-12-10-20-49(52)50-21-11-13-23-53(50)56/h1-2,4-8,10-28,30-38,43H,3,9,29H2. The van der Waals surface area contributed by atoms with Gasteiger partial charge in [-0.3, -0.25) is 0 Å². The molecule has 1 atom stereocenters. The predicted molar refractivity (Wildman–Crippen MR) is 239 cm³/mol. The molecule has 0 N–H and O–H groups in total. The number of nitrogens with zero attached hydrogens (tertiary/aromatic N) is 2. The van der Waals surface area contributed by atoms with Crippen molar-refractivity contribution in [2.45, 2.75) is 25.2 Å². The number of aromatic nitrogens is 1. The summed E-state index contributed by atoms with van der Waals surface area (Å²) >= 11 is 0. The van der Waals surface area contributed by atoms with E-state index in [0.29, 0.717) is 0 Å². The summed E-state index contributed by atoms with van der Waals surface area (Å²) in [6.07, 6.45) is 17.3. The Morgan fingerprint density at radius 2 is 1.04 bits per heavy atom. The Bertz CT molecular complexity index is 2660. The van der Waals surface area contributed by atoms with Crippen LogP contribution in [0.4, 0.5) is 17.1 Å². The lowest BCUT2D eigenvalue weighted by molar-refractivity contribution is 0.849. The van der Waals surface area contributed by atoms with Crippen LogP contribution in [0.15, 0.2) is 212 Å². The maximum absolute atomic E-state index is 2.45. The minimum atomic E-state index is 0.275. The van der Waals surface area contributed by atoms with E-state index in [0.717, 1.165) is 30.6 Å². The van der Waals surface area contributed by atoms with Gasteiger partial charge in [0.25, 0.3) is 0 Å². The van der Waals surface area contributed by atoms with Gasteiger partial charge in [-0.15, -0.1) is 0 Å². The van der Waals surface area contributed by atoms with Gasteiger partial charge in [-0.05, 0) is 107 Å². The molecule has 0 spiro atoms. The molecule has 0 aliphatic heterocycles. The molecule has 0 radical (unpaired) electrons. The highest BCUT2D eigenvalue weighted by atomic mass is 15.1. The van der Waals surface area contributed by atoms with E-state index in [1.165, 1.54) is 72.1 Å². The number of hydrogen-bond donors (Lipinski definition) is 0. The SMILES string of the molecule is C1=CC(c2cc(C3C=CC(n4c5ccccc5c5ccccc54)=CC3)ccc2N(c2ccc(-c3ccccc3)cc2)c2ccc(-c3ccccc3)cc2)=CCC1. The van der Waals surface area contributed by atoms with Crippen LogP contribution in [-0.4, -0.2) is 4.57 Å². The van der Waals surface area contributed by atoms with E-state index in [1.807, 2.05) is 0 Å². The van der Waals surface area contributed by atoms with Crippen molar-refractivity contribution in [3.05, 3.63) is 224 Å². The fourth-order valence-corrected chi connectivity index (χ4v) is 8.54. The summed E-state index contributed by atoms with van der Waals surface area (Å²) in [6, 6.07) is 64.0. The van der Waals surface area contributed by atoms with Crippen LogP contribution in [0.2, 0.25) is 0 Å². The van der Waals surface area contributed by atoms with Crippen molar-refractivity contribution >= 4 is 50.1 Å². The van der Waals surface area contributed by atoms with E-state index in [4.69, 9.17) is 0 Å². The van der Waals surface area contributed by atoms with Gasteiger partial charge in [0, 0.05) is 39.3 Å². The zero-order valence-corrected chi connectivity index (χ0v) is 31.3. The Kier molecular flexibility index (Phi) is 8.85. The largest absolute Gasteiger partial charge is 0.310 e. The lowest BCUT2D eigenvalue weighted by Gasteiger charge is -2.30. The first kappa shape index (κ1) is 33.7. The summed E-state index contributed by atoms with van der Waals surface area (Å²) in [4.78, 5) is 2.43. The summed E-state index contributed by atoms with van der Waals surface area (Å²) < 4.78 is 2.42. The van der Waals surface area contributed by atoms with Gasteiger partial charge in [-0.2, -0.15) is 0 Å². The normalized spacial score (nSPS) is 15.2. The molecule has 0 fully saturated rings. The predicted octanol–water partition coefficient (Wildman–Crippen LogP) is 14.9. The maximum Gasteiger partial charge on any atom is 0.0540 e. The Morgan fingerprint density at radius 3 is 1.57 bits per heavy atom. The molecule has 268 valence electrons. The van der Waals surface area contributed by atoms with Crippen LogP contribution in [0.3, 0.4) is 0 Å². The van der Waals surface area contributed by atoms with Crippen molar-refractivity contribution in [1.29, 1.82) is 0 Å². The van der Waals surface area contributed by atoms with E-state index in [2.05, 4.69) is 222 Å². The van der Waals surface area contributed by atoms with Crippen molar-refractivity contribution in [3.63, 3.8) is 0 Å². The number of rotatable bonds is 8. The zero-order valence-electron chi connectivity index (χ0n) is 31.3. The van der Waals surface area contributed by atoms with Gasteiger partial charge >= 0.3 is 0 Å². The van der Waals surface area contributed by atoms with Gasteiger partial charge in [-0.25, -0.2) is 0 Å². The number of hydrogen-bond acceptors (Lipinski definition) is 1. The molecule has 1 unspecified atom stereocenters. The monoisotopic (exact) mass is 718 g/mol. The third-order valence-corrected chi connectivity index (χ3v) is 11.4. The smallest absolute Gasteiger partial charge is 0.0540 e. The van der Waals surface area contributed by atoms with Gasteiger partial charge in [0.2, 0.25) is 0 Å². The lowest BCUT2D eigenvalue weighted by Crippen LogP contribution is -2.13. The average Bonchev–Trinajstić information content (AvgIpc) is 3.62. The molecule has 0 saturated heterocycles. The first-order chi connectivity index (χ1) is 27.8. The second-order valence-electron chi connectivity index (χ2n) is 14.8. The fraction of sp³-hybridized carbons (Fsp3) is 0.0741. The molecule has 2 heteroatoms. The number of allylic oxidation sites excluding steroid dienone is 8. The second kappa shape index (κ2) is 14.7. The molecule has 56 heavy (non-hydrogen) atoms. The van der Waals surface area contributed by atoms with Crippen LogP contribution in [0.1, 0.15) is 36.3 Å². The molecule has 8 aromatic rings. The summed E-state index contributed by atoms with van der Waals surface area (Å²) in [5.41, 5.74) is 15.9. The molecule has 0 bridgehead atoms. The van der Waals surface area contributed by atoms with Crippen molar-refractivity contribution < 1.29 is 0 Å². The van der Waals surface area contributed by atoms with Crippen molar-refractivity contribution in [2.75, 3.05) is 4.90 Å². The molecule has 2 aliphatic rings. The number of benzene rings is 7. The van der Waals surface area contributed by atoms with Crippen LogP contribution in [0, 0.1) is 0 Å². The maximum atomic E-state index is 2.45. The van der Waals surface area contributed by atoms with Gasteiger partial charge < -0.3 is 9.47 Å². The van der Waals surface area contributed by atoms with Crippen LogP contribution < -0.4 is 4.90 Å². The minimum absolute atomic E-state index is 0.275. The molecule has 2 aliphatic carbocycles. The van der Waals surface area contributed by atoms with E-state index in [1.54, 1.807) is 0 Å². The van der Waals surface area contributed by atoms with Gasteiger partial charge in [0.15, 0.2) is 0 Å². The molecule has 1 aromatic heterocycles. The average molecular weight is 719 g/mol. The van der Waals surface area contributed by atoms with E-state index >= 15 is 0 Å². The Balaban J connectivity index is 1.05. The van der Waals surface area contributed by atoms with Gasteiger partial charge in [-0.1, -0.05) is 158 Å². The molecule has 0 amide bonds.